The number of carbonyl (C=O) groups is 1. The van der Waals surface area contributed by atoms with Gasteiger partial charge in [0.1, 0.15) is 36.5 Å². The number of oxime groups is 1. The van der Waals surface area contributed by atoms with Crippen LogP contribution >= 0.6 is 11.8 Å². The fourth-order valence-electron chi connectivity index (χ4n) is 9.90. The predicted octanol–water partition coefficient (Wildman–Crippen LogP) is 11.1. The molecule has 6 atom stereocenters. The maximum atomic E-state index is 14.6. The highest BCUT2D eigenvalue weighted by Gasteiger charge is 2.65. The maximum Gasteiger partial charge on any atom is 0.410 e. The monoisotopic (exact) mass is 918 g/mol. The second-order valence-electron chi connectivity index (χ2n) is 17.2. The van der Waals surface area contributed by atoms with E-state index >= 15 is 0 Å². The molecule has 7 rings (SSSR count). The second-order valence-corrected chi connectivity index (χ2v) is 18.0. The summed E-state index contributed by atoms with van der Waals surface area (Å²) in [5.74, 6) is 0.123. The van der Waals surface area contributed by atoms with Gasteiger partial charge in [-0.15, -0.1) is 18.3 Å². The summed E-state index contributed by atoms with van der Waals surface area (Å²) in [6, 6.07) is 33.2. The van der Waals surface area contributed by atoms with Gasteiger partial charge in [0, 0.05) is 42.6 Å². The van der Waals surface area contributed by atoms with Crippen LogP contribution in [0.1, 0.15) is 80.9 Å². The number of nitrogens with zero attached hydrogens (tertiary/aromatic N) is 2. The van der Waals surface area contributed by atoms with Crippen LogP contribution in [0.4, 0.5) is 4.79 Å². The van der Waals surface area contributed by atoms with Gasteiger partial charge >= 0.3 is 6.09 Å². The minimum atomic E-state index is -1.41. The van der Waals surface area contributed by atoms with Gasteiger partial charge < -0.3 is 38.7 Å². The van der Waals surface area contributed by atoms with Gasteiger partial charge in [-0.3, -0.25) is 4.90 Å². The molecule has 12 heteroatoms. The lowest BCUT2D eigenvalue weighted by Crippen LogP contribution is -2.70. The zero-order valence-electron chi connectivity index (χ0n) is 38.4. The number of hydrogen-bond donors (Lipinski definition) is 2. The summed E-state index contributed by atoms with van der Waals surface area (Å²) >= 11 is 1.68. The first kappa shape index (κ1) is 48.8. The smallest absolute Gasteiger partial charge is 0.410 e. The van der Waals surface area contributed by atoms with Gasteiger partial charge in [0.2, 0.25) is 5.79 Å². The highest BCUT2D eigenvalue weighted by atomic mass is 32.2. The van der Waals surface area contributed by atoms with Gasteiger partial charge in [0.05, 0.1) is 31.5 Å². The number of amides is 1. The summed E-state index contributed by atoms with van der Waals surface area (Å²) in [5, 5.41) is 25.0. The van der Waals surface area contributed by atoms with Crippen molar-refractivity contribution in [2.75, 3.05) is 45.8 Å². The minimum absolute atomic E-state index is 0.0619. The van der Waals surface area contributed by atoms with Crippen LogP contribution in [0.5, 0.6) is 17.2 Å². The maximum absolute atomic E-state index is 14.6. The first-order valence-electron chi connectivity index (χ1n) is 23.5. The molecule has 2 aliphatic carbocycles. The number of allylic oxidation sites excluding steroid dienone is 1. The van der Waals surface area contributed by atoms with Gasteiger partial charge in [0.15, 0.2) is 0 Å². The van der Waals surface area contributed by atoms with E-state index in [9.17, 15) is 15.0 Å². The van der Waals surface area contributed by atoms with E-state index in [0.29, 0.717) is 43.9 Å². The zero-order valence-corrected chi connectivity index (χ0v) is 39.2. The molecule has 1 amide bonds. The summed E-state index contributed by atoms with van der Waals surface area (Å²) < 4.78 is 33.0. The molecule has 0 spiro atoms. The van der Waals surface area contributed by atoms with Crippen molar-refractivity contribution in [1.82, 2.24) is 4.90 Å². The second kappa shape index (κ2) is 24.6. The molecule has 1 heterocycles. The number of benzene rings is 4. The lowest BCUT2D eigenvalue weighted by Gasteiger charge is -2.59. The SMILES string of the molecule is C=CCO[C@@]12Oc3ccc(Oc4ccc(SC)cc4)cc3[C@H]3[C@H](CCCCO)[C@@H](CCCCO)C=C(C(=NOCc4ccccc4)C[C@@H]1N(CCC)C(=O)OCCOCc1ccccc1)[C@H]32. The van der Waals surface area contributed by atoms with Crippen molar-refractivity contribution < 1.29 is 43.5 Å². The number of ether oxygens (including phenoxy) is 5. The molecule has 0 radical (unpaired) electrons. The number of thioether (sulfide) groups is 1. The average Bonchev–Trinajstić information content (AvgIpc) is 3.34. The highest BCUT2D eigenvalue weighted by Crippen LogP contribution is 2.62. The topological polar surface area (TPSA) is 129 Å². The van der Waals surface area contributed by atoms with E-state index < -0.39 is 23.8 Å². The molecule has 0 unspecified atom stereocenters. The summed E-state index contributed by atoms with van der Waals surface area (Å²) in [5.41, 5.74) is 4.68. The number of carbonyl (C=O) groups excluding carboxylic acids is 1. The van der Waals surface area contributed by atoms with Crippen molar-refractivity contribution >= 4 is 23.6 Å². The molecular weight excluding hydrogens is 853 g/mol. The molecule has 0 aromatic heterocycles. The third-order valence-corrected chi connectivity index (χ3v) is 13.6. The van der Waals surface area contributed by atoms with Crippen molar-refractivity contribution in [3.63, 3.8) is 0 Å². The number of hydrogen-bond acceptors (Lipinski definition) is 11. The Morgan fingerprint density at radius 2 is 1.59 bits per heavy atom. The Balaban J connectivity index is 1.34. The molecule has 1 saturated carbocycles. The number of unbranched alkanes of at least 4 members (excludes halogenated alkanes) is 2. The predicted molar refractivity (Wildman–Crippen MR) is 259 cm³/mol. The molecular formula is C54H66N2O9S. The molecule has 4 aromatic rings. The van der Waals surface area contributed by atoms with Crippen LogP contribution in [0.2, 0.25) is 0 Å². The number of aliphatic hydroxyl groups excluding tert-OH is 2. The van der Waals surface area contributed by atoms with Crippen LogP contribution in [-0.4, -0.2) is 84.6 Å². The Labute approximate surface area is 394 Å². The van der Waals surface area contributed by atoms with Gasteiger partial charge in [0.25, 0.3) is 0 Å². The van der Waals surface area contributed by atoms with Crippen molar-refractivity contribution in [3.8, 4) is 17.2 Å². The number of aliphatic hydroxyl groups is 2. The summed E-state index contributed by atoms with van der Waals surface area (Å²) in [6.45, 7) is 7.79. The molecule has 0 saturated heterocycles. The van der Waals surface area contributed by atoms with Crippen LogP contribution in [0, 0.1) is 17.8 Å². The van der Waals surface area contributed by atoms with E-state index in [1.54, 1.807) is 22.7 Å². The van der Waals surface area contributed by atoms with E-state index in [2.05, 4.69) is 18.7 Å². The molecule has 66 heavy (non-hydrogen) atoms. The van der Waals surface area contributed by atoms with Crippen LogP contribution in [0.3, 0.4) is 0 Å². The first-order chi connectivity index (χ1) is 32.4. The Hall–Kier alpha value is -5.11. The van der Waals surface area contributed by atoms with Gasteiger partial charge in [-0.2, -0.15) is 0 Å². The van der Waals surface area contributed by atoms with Crippen LogP contribution in [0.15, 0.2) is 137 Å². The van der Waals surface area contributed by atoms with Crippen molar-refractivity contribution in [2.45, 2.75) is 94.1 Å². The molecule has 2 N–H and O–H groups in total. The lowest BCUT2D eigenvalue weighted by molar-refractivity contribution is -0.255. The molecule has 3 aliphatic rings. The molecule has 0 bridgehead atoms. The Bertz CT molecular complexity index is 2200. The van der Waals surface area contributed by atoms with Crippen LogP contribution in [-0.2, 0) is 32.3 Å². The Morgan fingerprint density at radius 1 is 0.894 bits per heavy atom. The van der Waals surface area contributed by atoms with Crippen molar-refractivity contribution in [1.29, 1.82) is 0 Å². The van der Waals surface area contributed by atoms with E-state index in [4.69, 9.17) is 33.7 Å². The van der Waals surface area contributed by atoms with Gasteiger partial charge in [-0.1, -0.05) is 97.7 Å². The molecule has 4 aromatic carbocycles. The van der Waals surface area contributed by atoms with Gasteiger partial charge in [-0.05, 0) is 109 Å². The van der Waals surface area contributed by atoms with E-state index in [1.165, 1.54) is 0 Å². The third kappa shape index (κ3) is 11.9. The summed E-state index contributed by atoms with van der Waals surface area (Å²) in [6.07, 6.45) is 11.2. The van der Waals surface area contributed by atoms with E-state index in [-0.39, 0.29) is 63.8 Å². The molecule has 11 nitrogen and oxygen atoms in total. The fourth-order valence-corrected chi connectivity index (χ4v) is 10.3. The number of rotatable bonds is 25. The quantitative estimate of drug-likeness (QED) is 0.0287. The largest absolute Gasteiger partial charge is 0.459 e. The molecule has 1 fully saturated rings. The summed E-state index contributed by atoms with van der Waals surface area (Å²) in [7, 11) is 0. The first-order valence-corrected chi connectivity index (χ1v) is 24.8. The summed E-state index contributed by atoms with van der Waals surface area (Å²) in [4.78, 5) is 23.8. The molecule has 352 valence electrons. The fraction of sp³-hybridized carbons (Fsp3) is 0.444. The van der Waals surface area contributed by atoms with Crippen LogP contribution < -0.4 is 9.47 Å². The van der Waals surface area contributed by atoms with Crippen molar-refractivity contribution in [2.24, 2.45) is 22.9 Å². The molecule has 1 aliphatic heterocycles. The normalized spacial score (nSPS) is 22.3. The highest BCUT2D eigenvalue weighted by molar-refractivity contribution is 7.98. The third-order valence-electron chi connectivity index (χ3n) is 12.8. The van der Waals surface area contributed by atoms with E-state index in [0.717, 1.165) is 64.3 Å². The minimum Gasteiger partial charge on any atom is -0.459 e. The lowest BCUT2D eigenvalue weighted by atomic mass is 9.55. The average molecular weight is 919 g/mol. The van der Waals surface area contributed by atoms with Gasteiger partial charge in [-0.25, -0.2) is 4.79 Å². The number of fused-ring (bicyclic) bond motifs is 2. The van der Waals surface area contributed by atoms with Crippen molar-refractivity contribution in [3.05, 3.63) is 144 Å². The standard InChI is InChI=1S/C54H66N2O9S/c1-4-28-56(53(59)61-33-32-60-37-39-16-8-6-9-17-39)50-36-48(55-63-38-40-18-10-7-11-19-40)46-34-41(20-12-14-29-57)45(21-13-15-30-58)51-47-35-43(64-42-22-25-44(66-3)26-23-42)24-27-49(47)65-54(50,52(46)51)62-31-5-2/h5-11,16-19,22-27,34-35,41,45,50-52,57-58H,2,4,12-15,20-21,28-33,36-38H2,1,3H3/t41-,45+,50-,51+,52+,54+/m0/s1. The zero-order chi connectivity index (χ0) is 46.1. The Kier molecular flexibility index (Phi) is 18.2. The van der Waals surface area contributed by atoms with E-state index in [1.807, 2.05) is 110 Å². The Morgan fingerprint density at radius 3 is 2.27 bits per heavy atom. The van der Waals surface area contributed by atoms with Crippen LogP contribution in [0.25, 0.3) is 0 Å².